The Hall–Kier alpha value is -2.15. The minimum Gasteiger partial charge on any atom is -0.304 e. The van der Waals surface area contributed by atoms with E-state index in [1.165, 1.54) is 5.56 Å². The van der Waals surface area contributed by atoms with Crippen molar-refractivity contribution in [3.05, 3.63) is 84.4 Å². The zero-order valence-electron chi connectivity index (χ0n) is 11.0. The third-order valence-electron chi connectivity index (χ3n) is 3.27. The van der Waals surface area contributed by atoms with Gasteiger partial charge in [0.2, 0.25) is 0 Å². The van der Waals surface area contributed by atoms with E-state index in [0.29, 0.717) is 5.71 Å². The van der Waals surface area contributed by atoms with Crippen LogP contribution in [-0.4, -0.2) is 5.71 Å². The van der Waals surface area contributed by atoms with Gasteiger partial charge in [-0.3, -0.25) is 0 Å². The van der Waals surface area contributed by atoms with Gasteiger partial charge in [0.25, 0.3) is 0 Å². The van der Waals surface area contributed by atoms with Crippen molar-refractivity contribution >= 4 is 5.71 Å². The Balaban J connectivity index is 2.16. The van der Waals surface area contributed by atoms with Gasteiger partial charge >= 0.3 is 0 Å². The van der Waals surface area contributed by atoms with E-state index < -0.39 is 0 Å². The summed E-state index contributed by atoms with van der Waals surface area (Å²) in [5.74, 6) is 0.197. The summed E-state index contributed by atoms with van der Waals surface area (Å²) in [7, 11) is 0. The summed E-state index contributed by atoms with van der Waals surface area (Å²) < 4.78 is 0. The van der Waals surface area contributed by atoms with Crippen molar-refractivity contribution in [3.63, 3.8) is 0 Å². The molecule has 96 valence electrons. The van der Waals surface area contributed by atoms with E-state index in [1.807, 2.05) is 54.6 Å². The number of hydrogen-bond acceptors (Lipinski definition) is 1. The summed E-state index contributed by atoms with van der Waals surface area (Å²) in [5.41, 5.74) is 2.98. The molecule has 0 fully saturated rings. The van der Waals surface area contributed by atoms with E-state index >= 15 is 0 Å². The van der Waals surface area contributed by atoms with Crippen LogP contribution in [0.1, 0.15) is 17.5 Å². The molecule has 0 spiro atoms. The molecule has 1 atom stereocenters. The van der Waals surface area contributed by atoms with Crippen molar-refractivity contribution in [1.29, 1.82) is 5.41 Å². The highest BCUT2D eigenvalue weighted by Gasteiger charge is 2.15. The molecule has 1 heteroatoms. The van der Waals surface area contributed by atoms with Crippen molar-refractivity contribution < 1.29 is 0 Å². The molecule has 0 aromatic heterocycles. The molecular formula is C18H19N. The highest BCUT2D eigenvalue weighted by molar-refractivity contribution is 6.00. The third-order valence-corrected chi connectivity index (χ3v) is 3.27. The molecule has 1 unspecified atom stereocenters. The van der Waals surface area contributed by atoms with Gasteiger partial charge in [0, 0.05) is 11.6 Å². The second-order valence-electron chi connectivity index (χ2n) is 4.69. The first-order valence-electron chi connectivity index (χ1n) is 6.60. The smallest absolute Gasteiger partial charge is 0.0423 e. The predicted octanol–water partition coefficient (Wildman–Crippen LogP) is 4.49. The van der Waals surface area contributed by atoms with Crippen molar-refractivity contribution in [2.75, 3.05) is 0 Å². The van der Waals surface area contributed by atoms with Gasteiger partial charge in [0.1, 0.15) is 0 Å². The third kappa shape index (κ3) is 3.65. The first kappa shape index (κ1) is 13.3. The first-order chi connectivity index (χ1) is 9.31. The summed E-state index contributed by atoms with van der Waals surface area (Å²) in [6, 6.07) is 20.3. The van der Waals surface area contributed by atoms with Gasteiger partial charge in [-0.05, 0) is 24.0 Å². The lowest BCUT2D eigenvalue weighted by Gasteiger charge is -2.17. The predicted molar refractivity (Wildman–Crippen MR) is 81.7 cm³/mol. The minimum atomic E-state index is 0.197. The molecule has 1 N–H and O–H groups in total. The van der Waals surface area contributed by atoms with Crippen molar-refractivity contribution in [3.8, 4) is 0 Å². The molecule has 0 saturated carbocycles. The summed E-state index contributed by atoms with van der Waals surface area (Å²) in [6.07, 6.45) is 3.63. The standard InChI is InChI=1S/C18H19N/c1-2-9-17(14-15-10-5-3-6-11-15)18(19)16-12-7-4-8-13-16/h2-8,10-13,17,19H,1,9,14H2. The van der Waals surface area contributed by atoms with E-state index in [0.717, 1.165) is 18.4 Å². The Kier molecular flexibility index (Phi) is 4.68. The van der Waals surface area contributed by atoms with Gasteiger partial charge in [-0.15, -0.1) is 6.58 Å². The Morgan fingerprint density at radius 2 is 1.58 bits per heavy atom. The van der Waals surface area contributed by atoms with Gasteiger partial charge in [0.05, 0.1) is 0 Å². The summed E-state index contributed by atoms with van der Waals surface area (Å²) in [4.78, 5) is 0. The molecule has 2 rings (SSSR count). The highest BCUT2D eigenvalue weighted by atomic mass is 14.4. The second-order valence-corrected chi connectivity index (χ2v) is 4.69. The molecule has 0 amide bonds. The molecule has 0 radical (unpaired) electrons. The van der Waals surface area contributed by atoms with Gasteiger partial charge in [-0.2, -0.15) is 0 Å². The monoisotopic (exact) mass is 249 g/mol. The lowest BCUT2D eigenvalue weighted by Crippen LogP contribution is -2.17. The molecule has 0 aliphatic rings. The average Bonchev–Trinajstić information content (AvgIpc) is 2.48. The van der Waals surface area contributed by atoms with Crippen molar-refractivity contribution in [2.24, 2.45) is 5.92 Å². The van der Waals surface area contributed by atoms with Gasteiger partial charge in [0.15, 0.2) is 0 Å². The average molecular weight is 249 g/mol. The van der Waals surface area contributed by atoms with Crippen LogP contribution in [0.4, 0.5) is 0 Å². The minimum absolute atomic E-state index is 0.197. The second kappa shape index (κ2) is 6.69. The molecule has 0 aliphatic heterocycles. The highest BCUT2D eigenvalue weighted by Crippen LogP contribution is 2.18. The summed E-state index contributed by atoms with van der Waals surface area (Å²) in [5, 5.41) is 8.39. The summed E-state index contributed by atoms with van der Waals surface area (Å²) in [6.45, 7) is 3.82. The van der Waals surface area contributed by atoms with Crippen LogP contribution in [0.25, 0.3) is 0 Å². The molecule has 2 aromatic carbocycles. The fourth-order valence-electron chi connectivity index (χ4n) is 2.26. The van der Waals surface area contributed by atoms with Crippen LogP contribution >= 0.6 is 0 Å². The number of benzene rings is 2. The fraction of sp³-hybridized carbons (Fsp3) is 0.167. The van der Waals surface area contributed by atoms with E-state index in [1.54, 1.807) is 0 Å². The molecule has 19 heavy (non-hydrogen) atoms. The lowest BCUT2D eigenvalue weighted by molar-refractivity contribution is 0.697. The van der Waals surface area contributed by atoms with Crippen LogP contribution in [0.2, 0.25) is 0 Å². The SMILES string of the molecule is C=CCC(Cc1ccccc1)C(=N)c1ccccc1. The van der Waals surface area contributed by atoms with E-state index in [2.05, 4.69) is 18.7 Å². The van der Waals surface area contributed by atoms with Crippen LogP contribution in [0.5, 0.6) is 0 Å². The number of allylic oxidation sites excluding steroid dienone is 1. The molecule has 0 saturated heterocycles. The topological polar surface area (TPSA) is 23.9 Å². The van der Waals surface area contributed by atoms with Gasteiger partial charge < -0.3 is 5.41 Å². The largest absolute Gasteiger partial charge is 0.304 e. The Bertz CT molecular complexity index is 528. The zero-order chi connectivity index (χ0) is 13.5. The quantitative estimate of drug-likeness (QED) is 0.576. The van der Waals surface area contributed by atoms with E-state index in [4.69, 9.17) is 5.41 Å². The normalized spacial score (nSPS) is 11.8. The molecular weight excluding hydrogens is 230 g/mol. The van der Waals surface area contributed by atoms with Crippen molar-refractivity contribution in [2.45, 2.75) is 12.8 Å². The molecule has 1 nitrogen and oxygen atoms in total. The van der Waals surface area contributed by atoms with Crippen LogP contribution in [-0.2, 0) is 6.42 Å². The molecule has 2 aromatic rings. The van der Waals surface area contributed by atoms with E-state index in [9.17, 15) is 0 Å². The Morgan fingerprint density at radius 3 is 2.16 bits per heavy atom. The maximum atomic E-state index is 8.39. The first-order valence-corrected chi connectivity index (χ1v) is 6.60. The van der Waals surface area contributed by atoms with Crippen LogP contribution in [0.3, 0.4) is 0 Å². The zero-order valence-corrected chi connectivity index (χ0v) is 11.0. The van der Waals surface area contributed by atoms with Gasteiger partial charge in [-0.1, -0.05) is 66.7 Å². The number of rotatable bonds is 6. The molecule has 0 bridgehead atoms. The number of nitrogens with one attached hydrogen (secondary N) is 1. The summed E-state index contributed by atoms with van der Waals surface area (Å²) >= 11 is 0. The molecule has 0 aliphatic carbocycles. The van der Waals surface area contributed by atoms with Crippen LogP contribution < -0.4 is 0 Å². The van der Waals surface area contributed by atoms with E-state index in [-0.39, 0.29) is 5.92 Å². The fourth-order valence-corrected chi connectivity index (χ4v) is 2.26. The maximum absolute atomic E-state index is 8.39. The van der Waals surface area contributed by atoms with Crippen molar-refractivity contribution in [1.82, 2.24) is 0 Å². The number of hydrogen-bond donors (Lipinski definition) is 1. The lowest BCUT2D eigenvalue weighted by atomic mass is 9.88. The molecule has 0 heterocycles. The van der Waals surface area contributed by atoms with Crippen LogP contribution in [0.15, 0.2) is 73.3 Å². The van der Waals surface area contributed by atoms with Crippen LogP contribution in [0, 0.1) is 11.3 Å². The maximum Gasteiger partial charge on any atom is 0.0423 e. The Morgan fingerprint density at radius 1 is 1.00 bits per heavy atom. The van der Waals surface area contributed by atoms with Gasteiger partial charge in [-0.25, -0.2) is 0 Å². The Labute approximate surface area is 115 Å².